The number of fused-ring (bicyclic) bond motifs is 2. The maximum Gasteiger partial charge on any atom is 0.258 e. The van der Waals surface area contributed by atoms with Crippen LogP contribution in [0.2, 0.25) is 0 Å². The van der Waals surface area contributed by atoms with Crippen molar-refractivity contribution < 1.29 is 4.79 Å². The lowest BCUT2D eigenvalue weighted by Crippen LogP contribution is -2.51. The summed E-state index contributed by atoms with van der Waals surface area (Å²) in [6, 6.07) is 16.1. The molecule has 2 aromatic carbocycles. The van der Waals surface area contributed by atoms with E-state index in [4.69, 9.17) is 18.0 Å². The fourth-order valence-corrected chi connectivity index (χ4v) is 3.84. The summed E-state index contributed by atoms with van der Waals surface area (Å²) in [6.07, 6.45) is 0. The molecule has 0 aromatic heterocycles. The highest BCUT2D eigenvalue weighted by atomic mass is 32.2. The van der Waals surface area contributed by atoms with Crippen LogP contribution in [0.15, 0.2) is 58.3 Å². The minimum atomic E-state index is -0.166. The van der Waals surface area contributed by atoms with Crippen molar-refractivity contribution in [1.82, 2.24) is 10.4 Å². The molecule has 0 bridgehead atoms. The molecule has 1 aliphatic rings. The Kier molecular flexibility index (Phi) is 4.92. The maximum atomic E-state index is 12.5. The van der Waals surface area contributed by atoms with Gasteiger partial charge in [-0.3, -0.25) is 15.2 Å². The van der Waals surface area contributed by atoms with Crippen LogP contribution in [0.25, 0.3) is 0 Å². The third-order valence-corrected chi connectivity index (χ3v) is 5.03. The summed E-state index contributed by atoms with van der Waals surface area (Å²) in [6.45, 7) is 2.58. The largest absolute Gasteiger partial charge is 0.375 e. The number of thiocarbonyl (C=S) groups is 1. The smallest absolute Gasteiger partial charge is 0.258 e. The van der Waals surface area contributed by atoms with Crippen LogP contribution in [0.1, 0.15) is 6.92 Å². The average Bonchev–Trinajstić information content (AvgIpc) is 2.59. The van der Waals surface area contributed by atoms with E-state index in [2.05, 4.69) is 17.6 Å². The molecule has 1 heterocycles. The first kappa shape index (κ1) is 16.6. The van der Waals surface area contributed by atoms with Crippen molar-refractivity contribution in [3.8, 4) is 0 Å². The third kappa shape index (κ3) is 3.32. The van der Waals surface area contributed by atoms with Gasteiger partial charge in [0.05, 0.1) is 11.4 Å². The summed E-state index contributed by atoms with van der Waals surface area (Å²) in [5, 5.41) is 1.62. The second-order valence-corrected chi connectivity index (χ2v) is 6.74. The average molecular weight is 358 g/mol. The Labute approximate surface area is 150 Å². The molecule has 3 N–H and O–H groups in total. The standard InChI is InChI=1S/C17H18N4OS2/c1-2-21(17(18)23)19-16(22)11-20-12-7-3-5-9-14(12)24-15-10-6-4-8-13(15)20/h3-10H,2,11H2,1H3,(H2,18,23)(H,19,22). The number of carbonyl (C=O) groups is 1. The number of para-hydroxylation sites is 2. The number of rotatable bonds is 3. The molecule has 0 radical (unpaired) electrons. The summed E-state index contributed by atoms with van der Waals surface area (Å²) in [7, 11) is 0. The fraction of sp³-hybridized carbons (Fsp3) is 0.176. The van der Waals surface area contributed by atoms with Gasteiger partial charge in [-0.2, -0.15) is 0 Å². The zero-order chi connectivity index (χ0) is 17.1. The highest BCUT2D eigenvalue weighted by Gasteiger charge is 2.25. The molecule has 0 fully saturated rings. The molecule has 124 valence electrons. The van der Waals surface area contributed by atoms with E-state index in [1.54, 1.807) is 11.8 Å². The first-order valence-electron chi connectivity index (χ1n) is 7.60. The summed E-state index contributed by atoms with van der Waals surface area (Å²) < 4.78 is 0. The van der Waals surface area contributed by atoms with Gasteiger partial charge in [-0.05, 0) is 43.4 Å². The Balaban J connectivity index is 1.87. The van der Waals surface area contributed by atoms with E-state index in [0.717, 1.165) is 21.2 Å². The highest BCUT2D eigenvalue weighted by Crippen LogP contribution is 2.47. The molecular weight excluding hydrogens is 340 g/mol. The zero-order valence-corrected chi connectivity index (χ0v) is 14.9. The van der Waals surface area contributed by atoms with Crippen molar-refractivity contribution in [2.24, 2.45) is 5.73 Å². The Hall–Kier alpha value is -2.25. The fourth-order valence-electron chi connectivity index (χ4n) is 2.57. The minimum absolute atomic E-state index is 0.154. The van der Waals surface area contributed by atoms with Crippen LogP contribution >= 0.6 is 24.0 Å². The van der Waals surface area contributed by atoms with Crippen molar-refractivity contribution in [3.63, 3.8) is 0 Å². The molecule has 0 saturated carbocycles. The first-order chi connectivity index (χ1) is 11.6. The van der Waals surface area contributed by atoms with Crippen LogP contribution in [0.4, 0.5) is 11.4 Å². The van der Waals surface area contributed by atoms with Gasteiger partial charge in [0.1, 0.15) is 6.54 Å². The van der Waals surface area contributed by atoms with Crippen LogP contribution in [0.5, 0.6) is 0 Å². The summed E-state index contributed by atoms with van der Waals surface area (Å²) in [4.78, 5) is 16.8. The third-order valence-electron chi connectivity index (χ3n) is 3.68. The molecule has 0 unspecified atom stereocenters. The molecule has 1 amide bonds. The monoisotopic (exact) mass is 358 g/mol. The molecular formula is C17H18N4OS2. The van der Waals surface area contributed by atoms with E-state index in [-0.39, 0.29) is 17.6 Å². The molecule has 0 saturated heterocycles. The second kappa shape index (κ2) is 7.11. The number of benzene rings is 2. The SMILES string of the molecule is CCN(NC(=O)CN1c2ccccc2Sc2ccccc21)C(N)=S. The number of nitrogens with zero attached hydrogens (tertiary/aromatic N) is 2. The van der Waals surface area contributed by atoms with Crippen LogP contribution in [-0.2, 0) is 4.79 Å². The maximum absolute atomic E-state index is 12.5. The van der Waals surface area contributed by atoms with Gasteiger partial charge in [-0.25, -0.2) is 0 Å². The van der Waals surface area contributed by atoms with Gasteiger partial charge in [0, 0.05) is 16.3 Å². The molecule has 7 heteroatoms. The van der Waals surface area contributed by atoms with Gasteiger partial charge in [0.25, 0.3) is 5.91 Å². The van der Waals surface area contributed by atoms with E-state index in [0.29, 0.717) is 6.54 Å². The van der Waals surface area contributed by atoms with Gasteiger partial charge >= 0.3 is 0 Å². The molecule has 0 atom stereocenters. The predicted octanol–water partition coefficient (Wildman–Crippen LogP) is 2.89. The van der Waals surface area contributed by atoms with Crippen molar-refractivity contribution in [3.05, 3.63) is 48.5 Å². The minimum Gasteiger partial charge on any atom is -0.375 e. The van der Waals surface area contributed by atoms with Gasteiger partial charge in [0.15, 0.2) is 5.11 Å². The molecule has 1 aliphatic heterocycles. The van der Waals surface area contributed by atoms with Gasteiger partial charge in [-0.15, -0.1) is 0 Å². The normalized spacial score (nSPS) is 12.1. The Morgan fingerprint density at radius 1 is 1.17 bits per heavy atom. The number of anilines is 2. The lowest BCUT2D eigenvalue weighted by molar-refractivity contribution is -0.122. The predicted molar refractivity (Wildman–Crippen MR) is 101 cm³/mol. The second-order valence-electron chi connectivity index (χ2n) is 5.24. The Morgan fingerprint density at radius 2 is 1.71 bits per heavy atom. The van der Waals surface area contributed by atoms with Crippen molar-refractivity contribution in [2.75, 3.05) is 18.0 Å². The number of amides is 1. The first-order valence-corrected chi connectivity index (χ1v) is 8.82. The molecule has 0 spiro atoms. The number of hydrogen-bond donors (Lipinski definition) is 2. The van der Waals surface area contributed by atoms with Crippen molar-refractivity contribution in [1.29, 1.82) is 0 Å². The lowest BCUT2D eigenvalue weighted by atomic mass is 10.2. The van der Waals surface area contributed by atoms with E-state index >= 15 is 0 Å². The van der Waals surface area contributed by atoms with Gasteiger partial charge in [0.2, 0.25) is 0 Å². The molecule has 0 aliphatic carbocycles. The van der Waals surface area contributed by atoms with Crippen LogP contribution in [0, 0.1) is 0 Å². The van der Waals surface area contributed by atoms with E-state index < -0.39 is 0 Å². The lowest BCUT2D eigenvalue weighted by Gasteiger charge is -2.33. The van der Waals surface area contributed by atoms with Crippen LogP contribution < -0.4 is 16.1 Å². The van der Waals surface area contributed by atoms with E-state index in [9.17, 15) is 4.79 Å². The van der Waals surface area contributed by atoms with E-state index in [1.807, 2.05) is 48.2 Å². The van der Waals surface area contributed by atoms with Crippen molar-refractivity contribution in [2.45, 2.75) is 16.7 Å². The number of hydrogen-bond acceptors (Lipinski definition) is 4. The topological polar surface area (TPSA) is 61.6 Å². The number of carbonyl (C=O) groups excluding carboxylic acids is 1. The summed E-state index contributed by atoms with van der Waals surface area (Å²) in [5.41, 5.74) is 10.4. The number of nitrogens with two attached hydrogens (primary N) is 1. The van der Waals surface area contributed by atoms with Crippen molar-refractivity contribution >= 4 is 46.4 Å². The van der Waals surface area contributed by atoms with Gasteiger partial charge in [-0.1, -0.05) is 36.0 Å². The quantitative estimate of drug-likeness (QED) is 0.650. The molecule has 3 rings (SSSR count). The summed E-state index contributed by atoms with van der Waals surface area (Å²) in [5.74, 6) is -0.166. The number of hydrazine groups is 1. The highest BCUT2D eigenvalue weighted by molar-refractivity contribution is 7.99. The number of nitrogens with one attached hydrogen (secondary N) is 1. The summed E-state index contributed by atoms with van der Waals surface area (Å²) >= 11 is 6.65. The van der Waals surface area contributed by atoms with Crippen LogP contribution in [0.3, 0.4) is 0 Å². The Bertz CT molecular complexity index is 735. The molecule has 2 aromatic rings. The zero-order valence-electron chi connectivity index (χ0n) is 13.2. The van der Waals surface area contributed by atoms with E-state index in [1.165, 1.54) is 5.01 Å². The Morgan fingerprint density at radius 3 is 2.21 bits per heavy atom. The molecule has 5 nitrogen and oxygen atoms in total. The van der Waals surface area contributed by atoms with Gasteiger partial charge < -0.3 is 10.6 Å². The van der Waals surface area contributed by atoms with Crippen LogP contribution in [-0.4, -0.2) is 29.1 Å². The molecule has 24 heavy (non-hydrogen) atoms.